The number of carbonyl (C=O) groups is 2. The molecular formula is C21H18ClNO3S. The molecule has 0 saturated heterocycles. The number of nitrogens with one attached hydrogen (secondary N) is 1. The Hall–Kier alpha value is -2.63. The first-order chi connectivity index (χ1) is 12.9. The highest BCUT2D eigenvalue weighted by atomic mass is 35.5. The molecule has 0 unspecified atom stereocenters. The fourth-order valence-electron chi connectivity index (χ4n) is 2.81. The summed E-state index contributed by atoms with van der Waals surface area (Å²) in [6.07, 6.45) is 0.888. The summed E-state index contributed by atoms with van der Waals surface area (Å²) in [7, 11) is 0. The van der Waals surface area contributed by atoms with E-state index in [4.69, 9.17) is 11.6 Å². The molecule has 0 radical (unpaired) electrons. The van der Waals surface area contributed by atoms with Gasteiger partial charge in [-0.2, -0.15) is 0 Å². The number of anilines is 1. The average Bonchev–Trinajstić information content (AvgIpc) is 3.04. The van der Waals surface area contributed by atoms with Gasteiger partial charge in [0.2, 0.25) is 5.91 Å². The Bertz CT molecular complexity index is 979. The van der Waals surface area contributed by atoms with Gasteiger partial charge in [-0.3, -0.25) is 4.79 Å². The van der Waals surface area contributed by atoms with Gasteiger partial charge < -0.3 is 10.4 Å². The molecule has 27 heavy (non-hydrogen) atoms. The van der Waals surface area contributed by atoms with Gasteiger partial charge in [0.1, 0.15) is 5.56 Å². The summed E-state index contributed by atoms with van der Waals surface area (Å²) in [5, 5.41) is 14.6. The van der Waals surface area contributed by atoms with Crippen LogP contribution in [-0.2, 0) is 11.2 Å². The number of carboxylic acids is 1. The van der Waals surface area contributed by atoms with Crippen LogP contribution in [0.25, 0.3) is 10.4 Å². The topological polar surface area (TPSA) is 66.4 Å². The number of thiophene rings is 1. The van der Waals surface area contributed by atoms with Crippen LogP contribution in [0.15, 0.2) is 53.9 Å². The quantitative estimate of drug-likeness (QED) is 0.563. The number of amides is 1. The first-order valence-corrected chi connectivity index (χ1v) is 9.66. The average molecular weight is 400 g/mol. The van der Waals surface area contributed by atoms with Crippen LogP contribution >= 0.6 is 22.9 Å². The zero-order valence-electron chi connectivity index (χ0n) is 14.7. The maximum atomic E-state index is 12.3. The monoisotopic (exact) mass is 399 g/mol. The number of aryl methyl sites for hydroxylation is 2. The van der Waals surface area contributed by atoms with Crippen LogP contribution in [0.2, 0.25) is 5.02 Å². The van der Waals surface area contributed by atoms with Crippen LogP contribution in [0.1, 0.15) is 27.9 Å². The van der Waals surface area contributed by atoms with Crippen molar-refractivity contribution in [2.45, 2.75) is 19.8 Å². The maximum Gasteiger partial charge on any atom is 0.339 e. The molecule has 2 N–H and O–H groups in total. The van der Waals surface area contributed by atoms with E-state index in [1.807, 2.05) is 31.2 Å². The van der Waals surface area contributed by atoms with E-state index in [-0.39, 0.29) is 17.9 Å². The van der Waals surface area contributed by atoms with Crippen LogP contribution in [0.3, 0.4) is 0 Å². The molecule has 3 rings (SSSR count). The molecule has 1 heterocycles. The van der Waals surface area contributed by atoms with Crippen LogP contribution in [0, 0.1) is 6.92 Å². The summed E-state index contributed by atoms with van der Waals surface area (Å²) in [4.78, 5) is 24.7. The van der Waals surface area contributed by atoms with Gasteiger partial charge in [0, 0.05) is 16.8 Å². The van der Waals surface area contributed by atoms with Gasteiger partial charge in [-0.05, 0) is 36.6 Å². The molecule has 0 aliphatic carbocycles. The zero-order valence-corrected chi connectivity index (χ0v) is 16.2. The van der Waals surface area contributed by atoms with E-state index in [9.17, 15) is 14.7 Å². The van der Waals surface area contributed by atoms with Gasteiger partial charge in [-0.15, -0.1) is 11.3 Å². The van der Waals surface area contributed by atoms with E-state index in [2.05, 4.69) is 5.32 Å². The summed E-state index contributed by atoms with van der Waals surface area (Å²) in [6.45, 7) is 2.01. The Balaban J connectivity index is 1.75. The largest absolute Gasteiger partial charge is 0.478 e. The predicted molar refractivity (Wildman–Crippen MR) is 110 cm³/mol. The van der Waals surface area contributed by atoms with Gasteiger partial charge in [0.05, 0.1) is 10.6 Å². The number of hydrogen-bond donors (Lipinski definition) is 2. The van der Waals surface area contributed by atoms with Crippen molar-refractivity contribution >= 4 is 40.5 Å². The molecule has 0 spiro atoms. The molecule has 0 saturated carbocycles. The highest BCUT2D eigenvalue weighted by Crippen LogP contribution is 2.36. The second-order valence-corrected chi connectivity index (χ2v) is 7.52. The highest BCUT2D eigenvalue weighted by molar-refractivity contribution is 7.14. The minimum Gasteiger partial charge on any atom is -0.478 e. The molecule has 1 amide bonds. The van der Waals surface area contributed by atoms with E-state index in [0.29, 0.717) is 22.0 Å². The minimum atomic E-state index is -1.07. The number of benzene rings is 2. The van der Waals surface area contributed by atoms with Gasteiger partial charge in [0.25, 0.3) is 0 Å². The van der Waals surface area contributed by atoms with Gasteiger partial charge in [-0.1, -0.05) is 53.6 Å². The van der Waals surface area contributed by atoms with E-state index < -0.39 is 5.97 Å². The van der Waals surface area contributed by atoms with Crippen molar-refractivity contribution in [3.63, 3.8) is 0 Å². The van der Waals surface area contributed by atoms with Gasteiger partial charge in [-0.25, -0.2) is 4.79 Å². The molecule has 6 heteroatoms. The molecule has 0 bridgehead atoms. The van der Waals surface area contributed by atoms with E-state index >= 15 is 0 Å². The molecule has 0 fully saturated rings. The van der Waals surface area contributed by atoms with E-state index in [0.717, 1.165) is 16.7 Å². The van der Waals surface area contributed by atoms with E-state index in [1.54, 1.807) is 29.6 Å². The number of rotatable bonds is 6. The number of aromatic carboxylic acids is 1. The molecular weight excluding hydrogens is 382 g/mol. The fourth-order valence-corrected chi connectivity index (χ4v) is 3.94. The van der Waals surface area contributed by atoms with Crippen molar-refractivity contribution in [2.24, 2.45) is 0 Å². The van der Waals surface area contributed by atoms with Crippen molar-refractivity contribution in [2.75, 3.05) is 5.32 Å². The fraction of sp³-hybridized carbons (Fsp3) is 0.143. The van der Waals surface area contributed by atoms with Crippen LogP contribution in [-0.4, -0.2) is 17.0 Å². The standard InChI is InChI=1S/C21H18ClNO3S/c1-13-3-2-4-14(11-13)5-10-18(24)23-17-12-27-20(19(17)21(25)26)15-6-8-16(22)9-7-15/h2-4,6-9,11-12H,5,10H2,1H3,(H,23,24)(H,25,26). The third kappa shape index (κ3) is 4.76. The first-order valence-electron chi connectivity index (χ1n) is 8.40. The molecule has 0 aliphatic heterocycles. The third-order valence-electron chi connectivity index (χ3n) is 4.11. The van der Waals surface area contributed by atoms with Crippen LogP contribution in [0.5, 0.6) is 0 Å². The summed E-state index contributed by atoms with van der Waals surface area (Å²) >= 11 is 7.18. The lowest BCUT2D eigenvalue weighted by molar-refractivity contribution is -0.116. The molecule has 0 aliphatic rings. The Morgan fingerprint density at radius 2 is 1.89 bits per heavy atom. The zero-order chi connectivity index (χ0) is 19.4. The molecule has 2 aromatic carbocycles. The van der Waals surface area contributed by atoms with Crippen molar-refractivity contribution in [3.05, 3.63) is 75.6 Å². The number of carbonyl (C=O) groups excluding carboxylic acids is 1. The van der Waals surface area contributed by atoms with E-state index in [1.165, 1.54) is 11.3 Å². The number of hydrogen-bond acceptors (Lipinski definition) is 3. The third-order valence-corrected chi connectivity index (χ3v) is 5.39. The lowest BCUT2D eigenvalue weighted by Crippen LogP contribution is -2.14. The Morgan fingerprint density at radius 3 is 2.56 bits per heavy atom. The normalized spacial score (nSPS) is 10.6. The van der Waals surface area contributed by atoms with Crippen molar-refractivity contribution < 1.29 is 14.7 Å². The summed E-state index contributed by atoms with van der Waals surface area (Å²) in [6, 6.07) is 14.9. The lowest BCUT2D eigenvalue weighted by Gasteiger charge is -2.07. The second kappa shape index (κ2) is 8.37. The second-order valence-electron chi connectivity index (χ2n) is 6.20. The summed E-state index contributed by atoms with van der Waals surface area (Å²) < 4.78 is 0. The van der Waals surface area contributed by atoms with Crippen molar-refractivity contribution in [1.82, 2.24) is 0 Å². The number of halogens is 1. The predicted octanol–water partition coefficient (Wildman–Crippen LogP) is 5.65. The maximum absolute atomic E-state index is 12.3. The first kappa shape index (κ1) is 19.1. The minimum absolute atomic E-state index is 0.103. The lowest BCUT2D eigenvalue weighted by atomic mass is 10.1. The van der Waals surface area contributed by atoms with Crippen molar-refractivity contribution in [3.8, 4) is 10.4 Å². The molecule has 138 valence electrons. The van der Waals surface area contributed by atoms with Crippen LogP contribution < -0.4 is 5.32 Å². The van der Waals surface area contributed by atoms with Crippen molar-refractivity contribution in [1.29, 1.82) is 0 Å². The smallest absolute Gasteiger partial charge is 0.339 e. The summed E-state index contributed by atoms with van der Waals surface area (Å²) in [5.41, 5.74) is 3.40. The van der Waals surface area contributed by atoms with Crippen LogP contribution in [0.4, 0.5) is 5.69 Å². The molecule has 4 nitrogen and oxygen atoms in total. The Labute approximate surface area is 166 Å². The van der Waals surface area contributed by atoms with Gasteiger partial charge in [0.15, 0.2) is 0 Å². The molecule has 1 aromatic heterocycles. The SMILES string of the molecule is Cc1cccc(CCC(=O)Nc2csc(-c3ccc(Cl)cc3)c2C(=O)O)c1. The summed E-state index contributed by atoms with van der Waals surface area (Å²) in [5.74, 6) is -1.28. The Morgan fingerprint density at radius 1 is 1.15 bits per heavy atom. The Kier molecular flexibility index (Phi) is 5.94. The molecule has 3 aromatic rings. The number of carboxylic acid groups (broad SMARTS) is 1. The van der Waals surface area contributed by atoms with Gasteiger partial charge >= 0.3 is 5.97 Å². The molecule has 0 atom stereocenters. The highest BCUT2D eigenvalue weighted by Gasteiger charge is 2.21.